The Bertz CT molecular complexity index is 627. The standard InChI is InChI=1S/C20H32BrFNO2Si/c1-19(2,3)13-20(4,5)23-18(24)14-11-15(21)16(22)12-17(14)25-9-8-10-26(6)7/h11-12H,8-10,13H2,1-7H3,(H,23,24). The molecule has 0 atom stereocenters. The van der Waals surface area contributed by atoms with E-state index in [1.165, 1.54) is 12.1 Å². The van der Waals surface area contributed by atoms with Crippen LogP contribution in [0.25, 0.3) is 0 Å². The maximum Gasteiger partial charge on any atom is 0.255 e. The van der Waals surface area contributed by atoms with E-state index in [0.717, 1.165) is 18.9 Å². The molecule has 0 saturated carbocycles. The van der Waals surface area contributed by atoms with Crippen molar-refractivity contribution in [2.24, 2.45) is 5.41 Å². The molecule has 0 saturated heterocycles. The molecule has 26 heavy (non-hydrogen) atoms. The van der Waals surface area contributed by atoms with Crippen molar-refractivity contribution in [2.45, 2.75) is 72.1 Å². The van der Waals surface area contributed by atoms with E-state index in [4.69, 9.17) is 4.74 Å². The summed E-state index contributed by atoms with van der Waals surface area (Å²) in [6, 6.07) is 3.92. The third-order valence-corrected chi connectivity index (χ3v) is 5.73. The monoisotopic (exact) mass is 444 g/mol. The molecule has 1 aromatic rings. The first-order valence-corrected chi connectivity index (χ1v) is 12.5. The summed E-state index contributed by atoms with van der Waals surface area (Å²) in [4.78, 5) is 12.8. The average molecular weight is 445 g/mol. The molecule has 1 radical (unpaired) electrons. The number of ether oxygens (including phenoxy) is 1. The lowest BCUT2D eigenvalue weighted by atomic mass is 9.81. The van der Waals surface area contributed by atoms with Crippen LogP contribution in [0.1, 0.15) is 57.8 Å². The van der Waals surface area contributed by atoms with E-state index < -0.39 is 5.82 Å². The Labute approximate surface area is 167 Å². The third kappa shape index (κ3) is 8.21. The first-order chi connectivity index (χ1) is 11.8. The molecule has 0 bridgehead atoms. The highest BCUT2D eigenvalue weighted by Crippen LogP contribution is 2.30. The predicted molar refractivity (Wildman–Crippen MR) is 112 cm³/mol. The van der Waals surface area contributed by atoms with Crippen molar-refractivity contribution in [2.75, 3.05) is 6.61 Å². The Balaban J connectivity index is 2.95. The molecule has 0 unspecified atom stereocenters. The van der Waals surface area contributed by atoms with E-state index in [1.807, 2.05) is 13.8 Å². The van der Waals surface area contributed by atoms with Gasteiger partial charge in [-0.3, -0.25) is 4.79 Å². The Morgan fingerprint density at radius 2 is 1.85 bits per heavy atom. The van der Waals surface area contributed by atoms with Gasteiger partial charge in [0.25, 0.3) is 5.91 Å². The lowest BCUT2D eigenvalue weighted by Crippen LogP contribution is -2.45. The van der Waals surface area contributed by atoms with Gasteiger partial charge in [0.05, 0.1) is 16.6 Å². The third-order valence-electron chi connectivity index (χ3n) is 3.77. The number of halogens is 2. The van der Waals surface area contributed by atoms with Gasteiger partial charge < -0.3 is 10.1 Å². The first kappa shape index (κ1) is 23.2. The van der Waals surface area contributed by atoms with Crippen LogP contribution >= 0.6 is 15.9 Å². The van der Waals surface area contributed by atoms with Crippen molar-refractivity contribution < 1.29 is 13.9 Å². The van der Waals surface area contributed by atoms with Gasteiger partial charge >= 0.3 is 0 Å². The van der Waals surface area contributed by atoms with E-state index in [0.29, 0.717) is 17.9 Å². The summed E-state index contributed by atoms with van der Waals surface area (Å²) in [6.45, 7) is 15.4. The molecule has 147 valence electrons. The zero-order chi connectivity index (χ0) is 20.1. The first-order valence-electron chi connectivity index (χ1n) is 9.04. The molecule has 1 rings (SSSR count). The maximum atomic E-state index is 14.0. The van der Waals surface area contributed by atoms with E-state index >= 15 is 0 Å². The summed E-state index contributed by atoms with van der Waals surface area (Å²) in [5.41, 5.74) is 0.0628. The van der Waals surface area contributed by atoms with Gasteiger partial charge in [0.2, 0.25) is 0 Å². The van der Waals surface area contributed by atoms with Crippen molar-refractivity contribution in [3.8, 4) is 5.75 Å². The fraction of sp³-hybridized carbons (Fsp3) is 0.650. The highest BCUT2D eigenvalue weighted by atomic mass is 79.9. The topological polar surface area (TPSA) is 38.3 Å². The second kappa shape index (κ2) is 9.35. The average Bonchev–Trinajstić information content (AvgIpc) is 2.43. The molecule has 3 nitrogen and oxygen atoms in total. The van der Waals surface area contributed by atoms with Crippen molar-refractivity contribution >= 4 is 30.6 Å². The van der Waals surface area contributed by atoms with Crippen molar-refractivity contribution in [3.63, 3.8) is 0 Å². The molecule has 0 spiro atoms. The van der Waals surface area contributed by atoms with Crippen LogP contribution in [0, 0.1) is 11.2 Å². The lowest BCUT2D eigenvalue weighted by Gasteiger charge is -2.33. The summed E-state index contributed by atoms with van der Waals surface area (Å²) in [6.07, 6.45) is 1.73. The summed E-state index contributed by atoms with van der Waals surface area (Å²) in [5, 5.41) is 3.07. The number of carbonyl (C=O) groups is 1. The van der Waals surface area contributed by atoms with Gasteiger partial charge in [0, 0.05) is 20.4 Å². The number of amides is 1. The smallest absolute Gasteiger partial charge is 0.255 e. The molecule has 6 heteroatoms. The molecular formula is C20H32BrFNO2Si. The molecule has 1 amide bonds. The van der Waals surface area contributed by atoms with Gasteiger partial charge in [-0.1, -0.05) is 39.9 Å². The molecule has 0 aliphatic rings. The Morgan fingerprint density at radius 3 is 2.38 bits per heavy atom. The zero-order valence-corrected chi connectivity index (χ0v) is 19.6. The molecular weight excluding hydrogens is 413 g/mol. The minimum absolute atomic E-state index is 0.0825. The van der Waals surface area contributed by atoms with Gasteiger partial charge in [-0.05, 0) is 54.1 Å². The molecule has 1 aromatic carbocycles. The van der Waals surface area contributed by atoms with Crippen LogP contribution in [0.3, 0.4) is 0 Å². The minimum Gasteiger partial charge on any atom is -0.493 e. The Hall–Kier alpha value is -0.883. The van der Waals surface area contributed by atoms with Crippen molar-refractivity contribution in [1.29, 1.82) is 0 Å². The fourth-order valence-electron chi connectivity index (χ4n) is 3.18. The molecule has 0 heterocycles. The molecule has 1 N–H and O–H groups in total. The van der Waals surface area contributed by atoms with Gasteiger partial charge in [-0.15, -0.1) is 0 Å². The second-order valence-electron chi connectivity index (χ2n) is 9.00. The quantitative estimate of drug-likeness (QED) is 0.390. The molecule has 0 aliphatic heterocycles. The van der Waals surface area contributed by atoms with E-state index in [2.05, 4.69) is 55.1 Å². The largest absolute Gasteiger partial charge is 0.493 e. The van der Waals surface area contributed by atoms with Crippen molar-refractivity contribution in [3.05, 3.63) is 28.0 Å². The van der Waals surface area contributed by atoms with E-state index in [9.17, 15) is 9.18 Å². The number of benzene rings is 1. The van der Waals surface area contributed by atoms with Gasteiger partial charge in [-0.25, -0.2) is 4.39 Å². The summed E-state index contributed by atoms with van der Waals surface area (Å²) < 4.78 is 20.0. The highest BCUT2D eigenvalue weighted by molar-refractivity contribution is 9.10. The molecule has 0 aromatic heterocycles. The van der Waals surface area contributed by atoms with Crippen LogP contribution in [-0.4, -0.2) is 26.8 Å². The Morgan fingerprint density at radius 1 is 1.23 bits per heavy atom. The van der Waals surface area contributed by atoms with Crippen LogP contribution in [0.2, 0.25) is 19.1 Å². The molecule has 0 fully saturated rings. The SMILES string of the molecule is C[Si](C)CCCOc1cc(F)c(Br)cc1C(=O)NC(C)(C)CC(C)(C)C. The number of hydrogen-bond acceptors (Lipinski definition) is 2. The van der Waals surface area contributed by atoms with Gasteiger partial charge in [-0.2, -0.15) is 0 Å². The van der Waals surface area contributed by atoms with Gasteiger partial charge in [0.15, 0.2) is 0 Å². The van der Waals surface area contributed by atoms with E-state index in [1.54, 1.807) is 0 Å². The van der Waals surface area contributed by atoms with Crippen LogP contribution in [0.4, 0.5) is 4.39 Å². The summed E-state index contributed by atoms with van der Waals surface area (Å²) >= 11 is 3.17. The lowest BCUT2D eigenvalue weighted by molar-refractivity contribution is 0.0887. The molecule has 0 aliphatic carbocycles. The normalized spacial score (nSPS) is 12.4. The minimum atomic E-state index is -0.429. The van der Waals surface area contributed by atoms with Crippen LogP contribution in [0.5, 0.6) is 5.75 Å². The second-order valence-corrected chi connectivity index (χ2v) is 12.8. The fourth-order valence-corrected chi connectivity index (χ4v) is 4.37. The van der Waals surface area contributed by atoms with Gasteiger partial charge in [0.1, 0.15) is 11.6 Å². The Kier molecular flexibility index (Phi) is 8.33. The summed E-state index contributed by atoms with van der Waals surface area (Å²) in [5.74, 6) is -0.373. The van der Waals surface area contributed by atoms with Crippen molar-refractivity contribution in [1.82, 2.24) is 5.32 Å². The maximum absolute atomic E-state index is 14.0. The number of carbonyl (C=O) groups excluding carboxylic acids is 1. The number of nitrogens with one attached hydrogen (secondary N) is 1. The van der Waals surface area contributed by atoms with E-state index in [-0.39, 0.29) is 30.1 Å². The number of rotatable bonds is 8. The van der Waals surface area contributed by atoms with Crippen LogP contribution < -0.4 is 10.1 Å². The zero-order valence-electron chi connectivity index (χ0n) is 17.1. The van der Waals surface area contributed by atoms with Crippen LogP contribution in [0.15, 0.2) is 16.6 Å². The summed E-state index contributed by atoms with van der Waals surface area (Å²) in [7, 11) is -0.311. The predicted octanol–water partition coefficient (Wildman–Crippen LogP) is 6.06. The highest BCUT2D eigenvalue weighted by Gasteiger charge is 2.28. The van der Waals surface area contributed by atoms with Crippen LogP contribution in [-0.2, 0) is 0 Å². The number of hydrogen-bond donors (Lipinski definition) is 1.